The molecule has 1 aromatic rings. The number of benzene rings is 1. The Hall–Kier alpha value is -1.51. The zero-order chi connectivity index (χ0) is 10.1. The van der Waals surface area contributed by atoms with Crippen molar-refractivity contribution in [2.45, 2.75) is 18.8 Å². The molecule has 2 N–H and O–H groups in total. The number of methoxy groups -OCH3 is 1. The monoisotopic (exact) mass is 191 g/mol. The summed E-state index contributed by atoms with van der Waals surface area (Å²) in [6.07, 6.45) is 2.35. The maximum Gasteiger partial charge on any atom is 0.339 e. The second-order valence-corrected chi connectivity index (χ2v) is 3.57. The lowest BCUT2D eigenvalue weighted by atomic mass is 10.0. The summed E-state index contributed by atoms with van der Waals surface area (Å²) in [6, 6.07) is 5.54. The zero-order valence-corrected chi connectivity index (χ0v) is 8.12. The van der Waals surface area contributed by atoms with Crippen LogP contribution >= 0.6 is 0 Å². The van der Waals surface area contributed by atoms with Gasteiger partial charge in [0.1, 0.15) is 0 Å². The van der Waals surface area contributed by atoms with E-state index in [2.05, 4.69) is 4.74 Å². The first-order chi connectivity index (χ1) is 6.74. The van der Waals surface area contributed by atoms with Gasteiger partial charge < -0.3 is 10.5 Å². The van der Waals surface area contributed by atoms with Gasteiger partial charge in [0.05, 0.1) is 12.7 Å². The summed E-state index contributed by atoms with van der Waals surface area (Å²) in [5, 5.41) is 0. The van der Waals surface area contributed by atoms with Crippen molar-refractivity contribution in [1.29, 1.82) is 0 Å². The topological polar surface area (TPSA) is 52.3 Å². The Morgan fingerprint density at radius 2 is 2.21 bits per heavy atom. The number of nitrogen functional groups attached to an aromatic ring is 1. The van der Waals surface area contributed by atoms with Crippen LogP contribution in [0.3, 0.4) is 0 Å². The fourth-order valence-electron chi connectivity index (χ4n) is 1.62. The Kier molecular flexibility index (Phi) is 2.15. The van der Waals surface area contributed by atoms with Crippen molar-refractivity contribution < 1.29 is 9.53 Å². The maximum atomic E-state index is 11.3. The van der Waals surface area contributed by atoms with Crippen molar-refractivity contribution in [2.24, 2.45) is 0 Å². The van der Waals surface area contributed by atoms with Crippen molar-refractivity contribution in [3.63, 3.8) is 0 Å². The third-order valence-corrected chi connectivity index (χ3v) is 2.56. The van der Waals surface area contributed by atoms with E-state index in [-0.39, 0.29) is 5.97 Å². The summed E-state index contributed by atoms with van der Waals surface area (Å²) in [5.41, 5.74) is 8.06. The van der Waals surface area contributed by atoms with Crippen molar-refractivity contribution in [1.82, 2.24) is 0 Å². The first kappa shape index (κ1) is 9.06. The first-order valence-electron chi connectivity index (χ1n) is 4.70. The molecule has 3 nitrogen and oxygen atoms in total. The van der Waals surface area contributed by atoms with Gasteiger partial charge in [0, 0.05) is 5.69 Å². The molecule has 14 heavy (non-hydrogen) atoms. The average molecular weight is 191 g/mol. The number of hydrogen-bond donors (Lipinski definition) is 1. The van der Waals surface area contributed by atoms with Crippen molar-refractivity contribution in [3.05, 3.63) is 29.3 Å². The smallest absolute Gasteiger partial charge is 0.339 e. The number of esters is 1. The molecule has 0 aromatic heterocycles. The molecule has 0 spiro atoms. The SMILES string of the molecule is COC(=O)c1cccc(C2CC2)c1N. The molecule has 1 aromatic carbocycles. The second-order valence-electron chi connectivity index (χ2n) is 3.57. The van der Waals surface area contributed by atoms with Gasteiger partial charge in [-0.15, -0.1) is 0 Å². The molecule has 0 bridgehead atoms. The highest BCUT2D eigenvalue weighted by Crippen LogP contribution is 2.43. The van der Waals surface area contributed by atoms with Gasteiger partial charge in [0.15, 0.2) is 0 Å². The molecular weight excluding hydrogens is 178 g/mol. The van der Waals surface area contributed by atoms with E-state index >= 15 is 0 Å². The maximum absolute atomic E-state index is 11.3. The number of anilines is 1. The summed E-state index contributed by atoms with van der Waals surface area (Å²) < 4.78 is 4.65. The molecule has 0 aliphatic heterocycles. The van der Waals surface area contributed by atoms with E-state index in [1.807, 2.05) is 12.1 Å². The van der Waals surface area contributed by atoms with Gasteiger partial charge in [0.25, 0.3) is 0 Å². The Balaban J connectivity index is 2.40. The van der Waals surface area contributed by atoms with Crippen LogP contribution in [0, 0.1) is 0 Å². The van der Waals surface area contributed by atoms with E-state index < -0.39 is 0 Å². The van der Waals surface area contributed by atoms with Crippen LogP contribution in [-0.4, -0.2) is 13.1 Å². The number of rotatable bonds is 2. The number of para-hydroxylation sites is 1. The van der Waals surface area contributed by atoms with Crippen molar-refractivity contribution >= 4 is 11.7 Å². The lowest BCUT2D eigenvalue weighted by molar-refractivity contribution is 0.0602. The van der Waals surface area contributed by atoms with E-state index in [9.17, 15) is 4.79 Å². The van der Waals surface area contributed by atoms with Crippen LogP contribution < -0.4 is 5.73 Å². The predicted molar refractivity (Wildman–Crippen MR) is 54.2 cm³/mol. The zero-order valence-electron chi connectivity index (χ0n) is 8.12. The molecule has 1 aliphatic carbocycles. The Morgan fingerprint density at radius 1 is 1.50 bits per heavy atom. The van der Waals surface area contributed by atoms with Crippen LogP contribution in [0.1, 0.15) is 34.7 Å². The van der Waals surface area contributed by atoms with Crippen LogP contribution in [0.2, 0.25) is 0 Å². The van der Waals surface area contributed by atoms with Gasteiger partial charge >= 0.3 is 5.97 Å². The van der Waals surface area contributed by atoms with E-state index in [0.717, 1.165) is 5.56 Å². The lowest BCUT2D eigenvalue weighted by Crippen LogP contribution is -2.07. The Labute approximate surface area is 82.9 Å². The van der Waals surface area contributed by atoms with Gasteiger partial charge in [-0.2, -0.15) is 0 Å². The molecule has 74 valence electrons. The number of hydrogen-bond acceptors (Lipinski definition) is 3. The third-order valence-electron chi connectivity index (χ3n) is 2.56. The molecule has 0 saturated heterocycles. The van der Waals surface area contributed by atoms with Crippen LogP contribution in [0.5, 0.6) is 0 Å². The summed E-state index contributed by atoms with van der Waals surface area (Å²) in [5.74, 6) is 0.199. The molecule has 0 unspecified atom stereocenters. The summed E-state index contributed by atoms with van der Waals surface area (Å²) in [6.45, 7) is 0. The Bertz CT molecular complexity index is 370. The number of ether oxygens (including phenoxy) is 1. The van der Waals surface area contributed by atoms with Gasteiger partial charge in [-0.3, -0.25) is 0 Å². The number of carbonyl (C=O) groups excluding carboxylic acids is 1. The van der Waals surface area contributed by atoms with E-state index in [0.29, 0.717) is 17.2 Å². The number of carbonyl (C=O) groups is 1. The molecule has 0 heterocycles. The van der Waals surface area contributed by atoms with Crippen LogP contribution in [-0.2, 0) is 4.74 Å². The highest BCUT2D eigenvalue weighted by molar-refractivity contribution is 5.95. The summed E-state index contributed by atoms with van der Waals surface area (Å²) >= 11 is 0. The molecule has 1 fully saturated rings. The van der Waals surface area contributed by atoms with Gasteiger partial charge in [0.2, 0.25) is 0 Å². The van der Waals surface area contributed by atoms with E-state index in [4.69, 9.17) is 5.73 Å². The van der Waals surface area contributed by atoms with E-state index in [1.54, 1.807) is 6.07 Å². The fraction of sp³-hybridized carbons (Fsp3) is 0.364. The predicted octanol–water partition coefficient (Wildman–Crippen LogP) is 1.93. The largest absolute Gasteiger partial charge is 0.465 e. The van der Waals surface area contributed by atoms with Gasteiger partial charge in [-0.1, -0.05) is 12.1 Å². The van der Waals surface area contributed by atoms with E-state index in [1.165, 1.54) is 20.0 Å². The molecule has 1 saturated carbocycles. The van der Waals surface area contributed by atoms with Crippen molar-refractivity contribution in [3.8, 4) is 0 Å². The summed E-state index contributed by atoms with van der Waals surface area (Å²) in [4.78, 5) is 11.3. The molecule has 0 amide bonds. The highest BCUT2D eigenvalue weighted by Gasteiger charge is 2.27. The van der Waals surface area contributed by atoms with Crippen molar-refractivity contribution in [2.75, 3.05) is 12.8 Å². The van der Waals surface area contributed by atoms with Crippen LogP contribution in [0.15, 0.2) is 18.2 Å². The molecule has 3 heteroatoms. The minimum atomic E-state index is -0.356. The highest BCUT2D eigenvalue weighted by atomic mass is 16.5. The standard InChI is InChI=1S/C11H13NO2/c1-14-11(13)9-4-2-3-8(10(9)12)7-5-6-7/h2-4,7H,5-6,12H2,1H3. The Morgan fingerprint density at radius 3 is 2.79 bits per heavy atom. The number of nitrogens with two attached hydrogens (primary N) is 1. The minimum Gasteiger partial charge on any atom is -0.465 e. The molecule has 0 atom stereocenters. The minimum absolute atomic E-state index is 0.356. The quantitative estimate of drug-likeness (QED) is 0.574. The van der Waals surface area contributed by atoms with Crippen LogP contribution in [0.4, 0.5) is 5.69 Å². The third kappa shape index (κ3) is 1.45. The average Bonchev–Trinajstić information content (AvgIpc) is 3.01. The lowest BCUT2D eigenvalue weighted by Gasteiger charge is -2.08. The summed E-state index contributed by atoms with van der Waals surface area (Å²) in [7, 11) is 1.37. The molecule has 0 radical (unpaired) electrons. The normalized spacial score (nSPS) is 15.2. The second kappa shape index (κ2) is 3.33. The van der Waals surface area contributed by atoms with Gasteiger partial charge in [-0.05, 0) is 30.4 Å². The fourth-order valence-corrected chi connectivity index (χ4v) is 1.62. The molecular formula is C11H13NO2. The van der Waals surface area contributed by atoms with Gasteiger partial charge in [-0.25, -0.2) is 4.79 Å². The molecule has 2 rings (SSSR count). The van der Waals surface area contributed by atoms with Crippen LogP contribution in [0.25, 0.3) is 0 Å². The first-order valence-corrected chi connectivity index (χ1v) is 4.70. The molecule has 1 aliphatic rings.